The van der Waals surface area contributed by atoms with Crippen molar-refractivity contribution in [2.24, 2.45) is 0 Å². The molecule has 0 bridgehead atoms. The lowest BCUT2D eigenvalue weighted by Crippen LogP contribution is -2.44. The fourth-order valence-corrected chi connectivity index (χ4v) is 2.94. The first kappa shape index (κ1) is 17.4. The van der Waals surface area contributed by atoms with Crippen LogP contribution >= 0.6 is 0 Å². The van der Waals surface area contributed by atoms with Crippen LogP contribution in [0.2, 0.25) is 0 Å². The van der Waals surface area contributed by atoms with Crippen LogP contribution in [-0.2, 0) is 16.1 Å². The number of aryl methyl sites for hydroxylation is 1. The van der Waals surface area contributed by atoms with E-state index in [0.29, 0.717) is 19.8 Å². The molecule has 0 aromatic carbocycles. The molecule has 3 rings (SSSR count). The first-order valence-corrected chi connectivity index (χ1v) is 8.44. The molecule has 25 heavy (non-hydrogen) atoms. The lowest BCUT2D eigenvalue weighted by molar-refractivity contribution is -0.122. The third-order valence-electron chi connectivity index (χ3n) is 4.28. The molecule has 1 aliphatic heterocycles. The Balaban J connectivity index is 1.64. The molecule has 0 spiro atoms. The summed E-state index contributed by atoms with van der Waals surface area (Å²) < 4.78 is 12.6. The Morgan fingerprint density at radius 3 is 2.72 bits per heavy atom. The van der Waals surface area contributed by atoms with Crippen LogP contribution in [-0.4, -0.2) is 48.2 Å². The zero-order chi connectivity index (χ0) is 17.6. The largest absolute Gasteiger partial charge is 0.465 e. The van der Waals surface area contributed by atoms with Crippen molar-refractivity contribution in [1.29, 1.82) is 0 Å². The molecule has 7 heteroatoms. The van der Waals surface area contributed by atoms with Crippen LogP contribution in [0.5, 0.6) is 0 Å². The smallest absolute Gasteiger partial charge is 0.250 e. The highest BCUT2D eigenvalue weighted by Gasteiger charge is 2.25. The molecule has 0 saturated carbocycles. The number of carbonyl (C=O) groups is 1. The Hall–Kier alpha value is -2.38. The third kappa shape index (κ3) is 4.58. The summed E-state index contributed by atoms with van der Waals surface area (Å²) in [6, 6.07) is 8.66. The van der Waals surface area contributed by atoms with Crippen molar-refractivity contribution in [3.05, 3.63) is 58.4 Å². The van der Waals surface area contributed by atoms with E-state index in [1.165, 1.54) is 10.6 Å². The van der Waals surface area contributed by atoms with Crippen LogP contribution in [0.1, 0.15) is 17.6 Å². The highest BCUT2D eigenvalue weighted by molar-refractivity contribution is 5.75. The minimum absolute atomic E-state index is 0.00663. The molecule has 1 atom stereocenters. The lowest BCUT2D eigenvalue weighted by Gasteiger charge is -2.33. The number of ether oxygens (including phenoxy) is 1. The van der Waals surface area contributed by atoms with Crippen LogP contribution in [0, 0.1) is 6.92 Å². The van der Waals surface area contributed by atoms with Crippen molar-refractivity contribution in [1.82, 2.24) is 14.8 Å². The second kappa shape index (κ2) is 8.13. The summed E-state index contributed by atoms with van der Waals surface area (Å²) >= 11 is 0. The van der Waals surface area contributed by atoms with Gasteiger partial charge in [-0.05, 0) is 25.1 Å². The van der Waals surface area contributed by atoms with Gasteiger partial charge in [0.25, 0.3) is 5.56 Å². The zero-order valence-electron chi connectivity index (χ0n) is 14.3. The molecule has 1 amide bonds. The van der Waals surface area contributed by atoms with Gasteiger partial charge < -0.3 is 19.0 Å². The number of pyridine rings is 1. The summed E-state index contributed by atoms with van der Waals surface area (Å²) in [6.07, 6.45) is 1.61. The summed E-state index contributed by atoms with van der Waals surface area (Å²) in [5.41, 5.74) is -0.191. The van der Waals surface area contributed by atoms with Gasteiger partial charge in [-0.25, -0.2) is 0 Å². The van der Waals surface area contributed by atoms with Gasteiger partial charge in [-0.15, -0.1) is 0 Å². The Kier molecular flexibility index (Phi) is 5.67. The average molecular weight is 345 g/mol. The van der Waals surface area contributed by atoms with E-state index < -0.39 is 0 Å². The quantitative estimate of drug-likeness (QED) is 0.843. The van der Waals surface area contributed by atoms with Gasteiger partial charge >= 0.3 is 0 Å². The van der Waals surface area contributed by atoms with E-state index in [0.717, 1.165) is 24.6 Å². The molecule has 1 N–H and O–H groups in total. The third-order valence-corrected chi connectivity index (χ3v) is 4.28. The fourth-order valence-electron chi connectivity index (χ4n) is 2.94. The Labute approximate surface area is 146 Å². The normalized spacial score (nSPS) is 16.5. The van der Waals surface area contributed by atoms with Gasteiger partial charge in [0.2, 0.25) is 5.91 Å². The van der Waals surface area contributed by atoms with Crippen LogP contribution in [0.4, 0.5) is 0 Å². The van der Waals surface area contributed by atoms with Crippen molar-refractivity contribution in [2.75, 3.05) is 32.8 Å². The van der Waals surface area contributed by atoms with Crippen LogP contribution in [0.3, 0.4) is 0 Å². The number of nitrogens with zero attached hydrogens (tertiary/aromatic N) is 2. The van der Waals surface area contributed by atoms with E-state index in [1.54, 1.807) is 18.3 Å². The fraction of sp³-hybridized carbons (Fsp3) is 0.444. The van der Waals surface area contributed by atoms with E-state index in [2.05, 4.69) is 10.2 Å². The van der Waals surface area contributed by atoms with Crippen molar-refractivity contribution in [2.45, 2.75) is 19.5 Å². The van der Waals surface area contributed by atoms with Crippen molar-refractivity contribution in [3.8, 4) is 0 Å². The predicted molar refractivity (Wildman–Crippen MR) is 92.3 cm³/mol. The summed E-state index contributed by atoms with van der Waals surface area (Å²) in [7, 11) is 0. The van der Waals surface area contributed by atoms with Gasteiger partial charge in [-0.2, -0.15) is 0 Å². The van der Waals surface area contributed by atoms with E-state index in [1.807, 2.05) is 19.1 Å². The Morgan fingerprint density at radius 2 is 2.04 bits per heavy atom. The molecular formula is C18H23N3O4. The Bertz CT molecular complexity index is 761. The first-order valence-electron chi connectivity index (χ1n) is 8.44. The zero-order valence-corrected chi connectivity index (χ0v) is 14.3. The van der Waals surface area contributed by atoms with Gasteiger partial charge in [0.05, 0.1) is 19.3 Å². The van der Waals surface area contributed by atoms with Gasteiger partial charge in [-0.1, -0.05) is 6.07 Å². The van der Waals surface area contributed by atoms with Crippen LogP contribution in [0.25, 0.3) is 0 Å². The molecular weight excluding hydrogens is 322 g/mol. The van der Waals surface area contributed by atoms with Gasteiger partial charge in [0, 0.05) is 31.9 Å². The number of carbonyl (C=O) groups excluding carboxylic acids is 1. The Morgan fingerprint density at radius 1 is 1.24 bits per heavy atom. The molecule has 1 fully saturated rings. The van der Waals surface area contributed by atoms with Gasteiger partial charge in [-0.3, -0.25) is 14.5 Å². The van der Waals surface area contributed by atoms with Crippen LogP contribution < -0.4 is 10.9 Å². The number of amides is 1. The molecule has 0 radical (unpaired) electrons. The summed E-state index contributed by atoms with van der Waals surface area (Å²) in [5, 5.41) is 2.92. The number of aromatic nitrogens is 1. The highest BCUT2D eigenvalue weighted by Crippen LogP contribution is 2.23. The van der Waals surface area contributed by atoms with Gasteiger partial charge in [0.15, 0.2) is 0 Å². The molecule has 7 nitrogen and oxygen atoms in total. The number of hydrogen-bond acceptors (Lipinski definition) is 5. The van der Waals surface area contributed by atoms with Crippen LogP contribution in [0.15, 0.2) is 45.7 Å². The minimum atomic E-state index is -0.199. The maximum Gasteiger partial charge on any atom is 0.250 e. The lowest BCUT2D eigenvalue weighted by atomic mass is 10.1. The van der Waals surface area contributed by atoms with Crippen molar-refractivity contribution in [3.63, 3.8) is 0 Å². The predicted octanol–water partition coefficient (Wildman–Crippen LogP) is 0.939. The molecule has 3 heterocycles. The minimum Gasteiger partial charge on any atom is -0.465 e. The first-order chi connectivity index (χ1) is 12.1. The molecule has 1 aliphatic rings. The monoisotopic (exact) mass is 345 g/mol. The van der Waals surface area contributed by atoms with E-state index >= 15 is 0 Å². The SMILES string of the molecule is Cc1ccc([C@H](CNC(=O)Cn2ccccc2=O)N2CCOCC2)o1. The molecule has 0 unspecified atom stereocenters. The second-order valence-corrected chi connectivity index (χ2v) is 6.08. The summed E-state index contributed by atoms with van der Waals surface area (Å²) in [6.45, 7) is 5.25. The highest BCUT2D eigenvalue weighted by atomic mass is 16.5. The van der Waals surface area contributed by atoms with E-state index in [9.17, 15) is 9.59 Å². The standard InChI is InChI=1S/C18H23N3O4/c1-14-5-6-16(25-14)15(20-8-10-24-11-9-20)12-19-17(22)13-21-7-3-2-4-18(21)23/h2-7,15H,8-13H2,1H3,(H,19,22)/t15-/m0/s1. The second-order valence-electron chi connectivity index (χ2n) is 6.08. The molecule has 1 saturated heterocycles. The van der Waals surface area contributed by atoms with E-state index in [4.69, 9.17) is 9.15 Å². The number of morpholine rings is 1. The number of nitrogens with one attached hydrogen (secondary N) is 1. The van der Waals surface area contributed by atoms with Crippen molar-refractivity contribution >= 4 is 5.91 Å². The summed E-state index contributed by atoms with van der Waals surface area (Å²) in [5.74, 6) is 1.47. The molecule has 0 aliphatic carbocycles. The van der Waals surface area contributed by atoms with E-state index in [-0.39, 0.29) is 24.1 Å². The number of rotatable bonds is 6. The average Bonchev–Trinajstić information content (AvgIpc) is 3.04. The summed E-state index contributed by atoms with van der Waals surface area (Å²) in [4.78, 5) is 26.2. The molecule has 134 valence electrons. The topological polar surface area (TPSA) is 76.7 Å². The number of furan rings is 1. The molecule has 2 aromatic heterocycles. The maximum absolute atomic E-state index is 12.2. The van der Waals surface area contributed by atoms with Crippen molar-refractivity contribution < 1.29 is 13.9 Å². The molecule has 2 aromatic rings. The maximum atomic E-state index is 12.2. The van der Waals surface area contributed by atoms with Gasteiger partial charge in [0.1, 0.15) is 18.1 Å². The number of hydrogen-bond donors (Lipinski definition) is 1.